The quantitative estimate of drug-likeness (QED) is 0.575. The van der Waals surface area contributed by atoms with Crippen molar-refractivity contribution in [1.29, 1.82) is 0 Å². The lowest BCUT2D eigenvalue weighted by molar-refractivity contribution is 0.315. The molecule has 0 aromatic heterocycles. The van der Waals surface area contributed by atoms with Crippen LogP contribution in [0.3, 0.4) is 0 Å². The van der Waals surface area contributed by atoms with Gasteiger partial charge in [-0.3, -0.25) is 0 Å². The van der Waals surface area contributed by atoms with Crippen LogP contribution in [-0.2, 0) is 6.54 Å². The number of benzene rings is 1. The molecule has 1 saturated carbocycles. The summed E-state index contributed by atoms with van der Waals surface area (Å²) in [5, 5.41) is 12.9. The molecule has 0 heterocycles. The van der Waals surface area contributed by atoms with Crippen molar-refractivity contribution in [2.45, 2.75) is 39.7 Å². The van der Waals surface area contributed by atoms with Crippen LogP contribution in [-0.4, -0.2) is 17.6 Å². The number of aromatic hydroxyl groups is 1. The van der Waals surface area contributed by atoms with E-state index in [0.29, 0.717) is 18.3 Å². The fraction of sp³-hybridized carbons (Fsp3) is 0.533. The number of nitrogens with zero attached hydrogens (tertiary/aromatic N) is 1. The highest BCUT2D eigenvalue weighted by atomic mass is 16.3. The number of nitrogens with one attached hydrogen (secondary N) is 1. The second kappa shape index (κ2) is 5.95. The summed E-state index contributed by atoms with van der Waals surface area (Å²) in [6.07, 6.45) is 3.95. The van der Waals surface area contributed by atoms with Gasteiger partial charge < -0.3 is 16.2 Å². The predicted octanol–water partition coefficient (Wildman–Crippen LogP) is 2.21. The molecule has 1 aliphatic carbocycles. The number of phenolic OH excluding ortho intramolecular Hbond substituents is 1. The van der Waals surface area contributed by atoms with Crippen LogP contribution in [0.25, 0.3) is 0 Å². The van der Waals surface area contributed by atoms with Gasteiger partial charge in [-0.15, -0.1) is 0 Å². The average molecular weight is 261 g/mol. The standard InChI is InChI=1S/C15H23N3O/c1-10-6-13(7-11(2)14(10)19)9-18-15(16)17-8-12-4-3-5-12/h6-7,12,19H,3-5,8-9H2,1-2H3,(H3,16,17,18). The summed E-state index contributed by atoms with van der Waals surface area (Å²) in [6.45, 7) is 5.27. The van der Waals surface area contributed by atoms with Crippen molar-refractivity contribution in [3.8, 4) is 5.75 Å². The minimum atomic E-state index is 0.365. The SMILES string of the molecule is Cc1cc(CN=C(N)NCC2CCC2)cc(C)c1O. The van der Waals surface area contributed by atoms with Gasteiger partial charge in [0.1, 0.15) is 5.75 Å². The Kier molecular flexibility index (Phi) is 4.30. The Bertz CT molecular complexity index is 455. The second-order valence-electron chi connectivity index (χ2n) is 5.46. The maximum atomic E-state index is 9.71. The molecule has 4 N–H and O–H groups in total. The number of rotatable bonds is 4. The predicted molar refractivity (Wildman–Crippen MR) is 78.3 cm³/mol. The average Bonchev–Trinajstić information content (AvgIpc) is 2.31. The maximum absolute atomic E-state index is 9.71. The van der Waals surface area contributed by atoms with Crippen LogP contribution in [0.1, 0.15) is 36.0 Å². The molecule has 0 aliphatic heterocycles. The first-order chi connectivity index (χ1) is 9.06. The molecule has 1 fully saturated rings. The molecule has 0 unspecified atom stereocenters. The summed E-state index contributed by atoms with van der Waals surface area (Å²) in [5.74, 6) is 1.64. The Hall–Kier alpha value is -1.71. The largest absolute Gasteiger partial charge is 0.507 e. The van der Waals surface area contributed by atoms with Crippen LogP contribution in [0.5, 0.6) is 5.75 Å². The van der Waals surface area contributed by atoms with Crippen molar-refractivity contribution in [3.05, 3.63) is 28.8 Å². The summed E-state index contributed by atoms with van der Waals surface area (Å²) in [4.78, 5) is 4.34. The highest BCUT2D eigenvalue weighted by Gasteiger charge is 2.16. The van der Waals surface area contributed by atoms with E-state index in [9.17, 15) is 5.11 Å². The van der Waals surface area contributed by atoms with Crippen LogP contribution in [0.2, 0.25) is 0 Å². The summed E-state index contributed by atoms with van der Waals surface area (Å²) in [7, 11) is 0. The molecule has 0 bridgehead atoms. The molecule has 0 atom stereocenters. The Balaban J connectivity index is 1.89. The normalized spacial score (nSPS) is 16.2. The molecule has 19 heavy (non-hydrogen) atoms. The third kappa shape index (κ3) is 3.63. The molecule has 0 radical (unpaired) electrons. The van der Waals surface area contributed by atoms with E-state index >= 15 is 0 Å². The molecular formula is C15H23N3O. The topological polar surface area (TPSA) is 70.6 Å². The van der Waals surface area contributed by atoms with Crippen molar-refractivity contribution >= 4 is 5.96 Å². The second-order valence-corrected chi connectivity index (χ2v) is 5.46. The van der Waals surface area contributed by atoms with Gasteiger partial charge in [0.05, 0.1) is 6.54 Å². The number of hydrogen-bond acceptors (Lipinski definition) is 2. The van der Waals surface area contributed by atoms with Crippen molar-refractivity contribution in [1.82, 2.24) is 5.32 Å². The lowest BCUT2D eigenvalue weighted by Crippen LogP contribution is -2.37. The molecule has 4 heteroatoms. The first kappa shape index (κ1) is 13.7. The zero-order valence-electron chi connectivity index (χ0n) is 11.7. The Morgan fingerprint density at radius 1 is 1.37 bits per heavy atom. The number of hydrogen-bond donors (Lipinski definition) is 3. The fourth-order valence-corrected chi connectivity index (χ4v) is 2.32. The molecule has 1 aliphatic rings. The molecule has 1 aromatic rings. The highest BCUT2D eigenvalue weighted by Crippen LogP contribution is 2.25. The van der Waals surface area contributed by atoms with E-state index in [1.807, 2.05) is 26.0 Å². The Morgan fingerprint density at radius 2 is 2.00 bits per heavy atom. The van der Waals surface area contributed by atoms with E-state index < -0.39 is 0 Å². The Morgan fingerprint density at radius 3 is 2.53 bits per heavy atom. The number of nitrogens with two attached hydrogens (primary N) is 1. The van der Waals surface area contributed by atoms with Crippen LogP contribution >= 0.6 is 0 Å². The van der Waals surface area contributed by atoms with E-state index in [-0.39, 0.29) is 0 Å². The first-order valence-corrected chi connectivity index (χ1v) is 6.89. The number of phenols is 1. The van der Waals surface area contributed by atoms with E-state index in [1.165, 1.54) is 19.3 Å². The van der Waals surface area contributed by atoms with Crippen LogP contribution in [0, 0.1) is 19.8 Å². The van der Waals surface area contributed by atoms with E-state index in [0.717, 1.165) is 29.2 Å². The summed E-state index contributed by atoms with van der Waals surface area (Å²) < 4.78 is 0. The van der Waals surface area contributed by atoms with Gasteiger partial charge in [0.15, 0.2) is 5.96 Å². The van der Waals surface area contributed by atoms with Gasteiger partial charge in [0.25, 0.3) is 0 Å². The van der Waals surface area contributed by atoms with Crippen molar-refractivity contribution in [2.75, 3.05) is 6.54 Å². The van der Waals surface area contributed by atoms with Gasteiger partial charge in [-0.2, -0.15) is 0 Å². The highest BCUT2D eigenvalue weighted by molar-refractivity contribution is 5.77. The number of aryl methyl sites for hydroxylation is 2. The van der Waals surface area contributed by atoms with Gasteiger partial charge >= 0.3 is 0 Å². The smallest absolute Gasteiger partial charge is 0.188 e. The lowest BCUT2D eigenvalue weighted by Gasteiger charge is -2.25. The molecule has 104 valence electrons. The van der Waals surface area contributed by atoms with Crippen LogP contribution in [0.4, 0.5) is 0 Å². The number of aliphatic imine (C=N–C) groups is 1. The molecule has 1 aromatic carbocycles. The van der Waals surface area contributed by atoms with Crippen molar-refractivity contribution in [3.63, 3.8) is 0 Å². The minimum absolute atomic E-state index is 0.365. The summed E-state index contributed by atoms with van der Waals surface area (Å²) in [5.41, 5.74) is 8.68. The lowest BCUT2D eigenvalue weighted by atomic mass is 9.85. The van der Waals surface area contributed by atoms with Gasteiger partial charge in [0, 0.05) is 6.54 Å². The van der Waals surface area contributed by atoms with Gasteiger partial charge in [-0.05, 0) is 49.3 Å². The molecule has 0 saturated heterocycles. The number of guanidine groups is 1. The zero-order valence-corrected chi connectivity index (χ0v) is 11.7. The molecular weight excluding hydrogens is 238 g/mol. The first-order valence-electron chi connectivity index (χ1n) is 6.89. The van der Waals surface area contributed by atoms with E-state index in [1.54, 1.807) is 0 Å². The van der Waals surface area contributed by atoms with Crippen molar-refractivity contribution in [2.24, 2.45) is 16.6 Å². The monoisotopic (exact) mass is 261 g/mol. The fourth-order valence-electron chi connectivity index (χ4n) is 2.32. The van der Waals surface area contributed by atoms with Gasteiger partial charge in [-0.25, -0.2) is 4.99 Å². The third-order valence-electron chi connectivity index (χ3n) is 3.78. The van der Waals surface area contributed by atoms with Crippen LogP contribution < -0.4 is 11.1 Å². The van der Waals surface area contributed by atoms with Gasteiger partial charge in [-0.1, -0.05) is 18.6 Å². The van der Waals surface area contributed by atoms with E-state index in [4.69, 9.17) is 5.73 Å². The van der Waals surface area contributed by atoms with Crippen molar-refractivity contribution < 1.29 is 5.11 Å². The van der Waals surface area contributed by atoms with E-state index in [2.05, 4.69) is 10.3 Å². The summed E-state index contributed by atoms with van der Waals surface area (Å²) in [6, 6.07) is 3.90. The molecule has 0 amide bonds. The molecule has 4 nitrogen and oxygen atoms in total. The molecule has 2 rings (SSSR count). The maximum Gasteiger partial charge on any atom is 0.188 e. The molecule has 0 spiro atoms. The third-order valence-corrected chi connectivity index (χ3v) is 3.78. The van der Waals surface area contributed by atoms with Crippen LogP contribution in [0.15, 0.2) is 17.1 Å². The van der Waals surface area contributed by atoms with Gasteiger partial charge in [0.2, 0.25) is 0 Å². The minimum Gasteiger partial charge on any atom is -0.507 e. The Labute approximate surface area is 114 Å². The summed E-state index contributed by atoms with van der Waals surface area (Å²) >= 11 is 0. The zero-order chi connectivity index (χ0) is 13.8.